The van der Waals surface area contributed by atoms with Gasteiger partial charge in [-0.2, -0.15) is 4.99 Å². The van der Waals surface area contributed by atoms with Crippen molar-refractivity contribution < 1.29 is 0 Å². The lowest BCUT2D eigenvalue weighted by Crippen LogP contribution is -2.37. The summed E-state index contributed by atoms with van der Waals surface area (Å²) in [7, 11) is 0. The molecule has 4 heterocycles. The molecule has 75 heavy (non-hydrogen) atoms. The first-order valence-electron chi connectivity index (χ1n) is 25.6. The van der Waals surface area contributed by atoms with E-state index in [1.807, 2.05) is 0 Å². The van der Waals surface area contributed by atoms with Crippen molar-refractivity contribution in [2.75, 3.05) is 0 Å². The zero-order valence-electron chi connectivity index (χ0n) is 40.7. The molecule has 6 nitrogen and oxygen atoms in total. The molecule has 0 radical (unpaired) electrons. The Hall–Kier alpha value is -10.0. The molecule has 14 aromatic rings. The molecule has 0 bridgehead atoms. The van der Waals surface area contributed by atoms with Gasteiger partial charge in [0.05, 0.1) is 38.8 Å². The topological polar surface area (TPSA) is 51.5 Å². The van der Waals surface area contributed by atoms with Crippen molar-refractivity contribution in [2.45, 2.75) is 6.17 Å². The second kappa shape index (κ2) is 17.3. The van der Waals surface area contributed by atoms with Gasteiger partial charge < -0.3 is 14.5 Å². The van der Waals surface area contributed by atoms with Gasteiger partial charge in [-0.05, 0) is 70.3 Å². The van der Waals surface area contributed by atoms with Crippen LogP contribution < -0.4 is 5.32 Å². The van der Waals surface area contributed by atoms with Crippen LogP contribution in [0.2, 0.25) is 0 Å². The molecule has 0 amide bonds. The molecule has 11 aromatic carbocycles. The predicted octanol–water partition coefficient (Wildman–Crippen LogP) is 16.9. The summed E-state index contributed by atoms with van der Waals surface area (Å²) in [6.45, 7) is 0. The molecular weight excluding hydrogens is 913 g/mol. The molecule has 1 atom stereocenters. The Kier molecular flexibility index (Phi) is 9.85. The molecule has 0 aliphatic carbocycles. The minimum absolute atomic E-state index is 0.422. The Bertz CT molecular complexity index is 4590. The Morgan fingerprint density at radius 1 is 0.347 bits per heavy atom. The van der Waals surface area contributed by atoms with Crippen LogP contribution in [0.25, 0.3) is 110 Å². The molecular formula is C69H46N6. The predicted molar refractivity (Wildman–Crippen MR) is 313 cm³/mol. The highest BCUT2D eigenvalue weighted by atomic mass is 15.3. The molecule has 1 aliphatic rings. The number of amidine groups is 1. The van der Waals surface area contributed by atoms with Gasteiger partial charge in [0, 0.05) is 54.7 Å². The van der Waals surface area contributed by atoms with E-state index in [9.17, 15) is 0 Å². The highest BCUT2D eigenvalue weighted by Crippen LogP contribution is 2.50. The Morgan fingerprint density at radius 3 is 1.49 bits per heavy atom. The second-order valence-electron chi connectivity index (χ2n) is 19.3. The van der Waals surface area contributed by atoms with Crippen molar-refractivity contribution in [3.05, 3.63) is 278 Å². The van der Waals surface area contributed by atoms with Crippen LogP contribution >= 0.6 is 0 Å². The van der Waals surface area contributed by atoms with E-state index in [0.717, 1.165) is 111 Å². The lowest BCUT2D eigenvalue weighted by Gasteiger charge is -2.25. The Balaban J connectivity index is 1.11. The maximum atomic E-state index is 5.61. The summed E-state index contributed by atoms with van der Waals surface area (Å²) in [5.74, 6) is 1.36. The molecule has 6 heteroatoms. The van der Waals surface area contributed by atoms with Crippen LogP contribution in [-0.2, 0) is 0 Å². The molecule has 1 N–H and O–H groups in total. The number of hydrogen-bond acceptors (Lipinski definition) is 3. The number of fused-ring (bicyclic) bond motifs is 10. The largest absolute Gasteiger partial charge is 0.330 e. The van der Waals surface area contributed by atoms with Gasteiger partial charge in [0.25, 0.3) is 0 Å². The number of nitrogens with zero attached hydrogens (tertiary/aromatic N) is 5. The van der Waals surface area contributed by atoms with E-state index in [1.54, 1.807) is 0 Å². The molecule has 15 rings (SSSR count). The molecule has 1 unspecified atom stereocenters. The first-order valence-corrected chi connectivity index (χ1v) is 25.6. The summed E-state index contributed by atoms with van der Waals surface area (Å²) in [6, 6.07) is 96.1. The normalized spacial score (nSPS) is 13.7. The van der Waals surface area contributed by atoms with Crippen LogP contribution in [0, 0.1) is 0 Å². The lowest BCUT2D eigenvalue weighted by molar-refractivity contribution is 0.661. The number of hydrogen-bond donors (Lipinski definition) is 1. The van der Waals surface area contributed by atoms with Gasteiger partial charge in [0.1, 0.15) is 6.17 Å². The van der Waals surface area contributed by atoms with Crippen molar-refractivity contribution in [3.8, 4) is 44.8 Å². The number of aromatic nitrogens is 3. The van der Waals surface area contributed by atoms with E-state index in [-0.39, 0.29) is 0 Å². The minimum Gasteiger partial charge on any atom is -0.330 e. The summed E-state index contributed by atoms with van der Waals surface area (Å²) in [6.07, 6.45) is -0.422. The van der Waals surface area contributed by atoms with Crippen molar-refractivity contribution in [2.24, 2.45) is 9.98 Å². The van der Waals surface area contributed by atoms with E-state index < -0.39 is 6.17 Å². The number of rotatable bonds is 7. The summed E-state index contributed by atoms with van der Waals surface area (Å²) >= 11 is 0. The van der Waals surface area contributed by atoms with E-state index in [0.29, 0.717) is 11.8 Å². The number of benzene rings is 11. The first kappa shape index (κ1) is 42.6. The lowest BCUT2D eigenvalue weighted by atomic mass is 9.91. The third kappa shape index (κ3) is 6.80. The van der Waals surface area contributed by atoms with Gasteiger partial charge in [-0.25, -0.2) is 4.99 Å². The van der Waals surface area contributed by atoms with Gasteiger partial charge >= 0.3 is 0 Å². The van der Waals surface area contributed by atoms with E-state index in [2.05, 4.69) is 286 Å². The Morgan fingerprint density at radius 2 is 0.840 bits per heavy atom. The highest BCUT2D eigenvalue weighted by Gasteiger charge is 2.30. The van der Waals surface area contributed by atoms with Crippen LogP contribution in [0.4, 0.5) is 0 Å². The zero-order chi connectivity index (χ0) is 49.4. The van der Waals surface area contributed by atoms with Gasteiger partial charge in [-0.1, -0.05) is 224 Å². The summed E-state index contributed by atoms with van der Waals surface area (Å²) in [5, 5.41) is 10.9. The number of para-hydroxylation sites is 4. The molecule has 3 aromatic heterocycles. The second-order valence-corrected chi connectivity index (χ2v) is 19.3. The van der Waals surface area contributed by atoms with Crippen LogP contribution in [0.15, 0.2) is 277 Å². The average Bonchev–Trinajstić information content (AvgIpc) is 4.16. The van der Waals surface area contributed by atoms with Crippen LogP contribution in [0.3, 0.4) is 0 Å². The van der Waals surface area contributed by atoms with Crippen molar-refractivity contribution in [1.82, 2.24) is 19.0 Å². The monoisotopic (exact) mass is 958 g/mol. The maximum absolute atomic E-state index is 5.61. The van der Waals surface area contributed by atoms with Crippen LogP contribution in [0.1, 0.15) is 17.3 Å². The highest BCUT2D eigenvalue weighted by molar-refractivity contribution is 6.28. The molecule has 1 aliphatic heterocycles. The first-order chi connectivity index (χ1) is 37.2. The summed E-state index contributed by atoms with van der Waals surface area (Å²) in [5.41, 5.74) is 17.6. The van der Waals surface area contributed by atoms with Crippen molar-refractivity contribution >= 4 is 77.2 Å². The molecule has 0 spiro atoms. The van der Waals surface area contributed by atoms with E-state index >= 15 is 0 Å². The molecule has 0 fully saturated rings. The third-order valence-corrected chi connectivity index (χ3v) is 15.1. The SMILES string of the molecule is c1ccc(-c2cccc(C3=NC(c4ccccc4)NC(n4c5ccccc5c5ccc6c7ccccc7n(-c7c(-c8ccccc8)cc8c(c7-c7ccccc7)c7ccccc7n8-c7ccccc7)c6c54)=N3)c2)cc1. The standard InChI is InChI=1S/C69H46N6/c1-6-23-45(24-7-1)49-31-22-32-50(43-49)68-70-67(48-29-12-4-13-30-48)71-69(72-68)75-59-39-20-17-36-53(59)55-42-41-54-52-35-16-19-38-58(52)74(65(54)66(55)75)64-57(46-25-8-2-9-26-46)44-61-63(62(64)47-27-10-3-11-28-47)56-37-18-21-40-60(56)73(61)51-33-14-5-15-34-51/h1-44,67H,(H,70,71,72). The van der Waals surface area contributed by atoms with Gasteiger partial charge in [-0.3, -0.25) is 4.57 Å². The van der Waals surface area contributed by atoms with Crippen molar-refractivity contribution in [1.29, 1.82) is 0 Å². The quantitative estimate of drug-likeness (QED) is 0.170. The maximum Gasteiger partial charge on any atom is 0.212 e. The van der Waals surface area contributed by atoms with Crippen LogP contribution in [0.5, 0.6) is 0 Å². The molecule has 352 valence electrons. The molecule has 0 saturated heterocycles. The fourth-order valence-corrected chi connectivity index (χ4v) is 11.8. The Labute approximate surface area is 433 Å². The van der Waals surface area contributed by atoms with E-state index in [1.165, 1.54) is 10.8 Å². The molecule has 0 saturated carbocycles. The average molecular weight is 959 g/mol. The summed E-state index contributed by atoms with van der Waals surface area (Å²) < 4.78 is 7.40. The fraction of sp³-hybridized carbons (Fsp3) is 0.0145. The van der Waals surface area contributed by atoms with Gasteiger partial charge in [-0.15, -0.1) is 0 Å². The summed E-state index contributed by atoms with van der Waals surface area (Å²) in [4.78, 5) is 11.0. The fourth-order valence-electron chi connectivity index (χ4n) is 11.8. The van der Waals surface area contributed by atoms with Gasteiger partial charge in [0.15, 0.2) is 5.84 Å². The van der Waals surface area contributed by atoms with E-state index in [4.69, 9.17) is 9.98 Å². The number of nitrogens with one attached hydrogen (secondary N) is 1. The number of aliphatic imine (C=N–C) groups is 2. The van der Waals surface area contributed by atoms with Crippen molar-refractivity contribution in [3.63, 3.8) is 0 Å². The minimum atomic E-state index is -0.422. The zero-order valence-corrected chi connectivity index (χ0v) is 40.7. The smallest absolute Gasteiger partial charge is 0.212 e. The van der Waals surface area contributed by atoms with Gasteiger partial charge in [0.2, 0.25) is 5.96 Å². The third-order valence-electron chi connectivity index (χ3n) is 15.1. The van der Waals surface area contributed by atoms with Crippen LogP contribution in [-0.4, -0.2) is 25.5 Å².